The topological polar surface area (TPSA) is 77.7 Å². The van der Waals surface area contributed by atoms with Crippen LogP contribution in [0.25, 0.3) is 0 Å². The van der Waals surface area contributed by atoms with Crippen molar-refractivity contribution < 1.29 is 29.2 Å². The average molecular weight is 813 g/mol. The van der Waals surface area contributed by atoms with Gasteiger partial charge >= 0.3 is 0 Å². The Morgan fingerprint density at radius 2 is 0.902 bits per heavy atom. The van der Waals surface area contributed by atoms with Crippen molar-refractivity contribution in [3.8, 4) is 5.75 Å². The van der Waals surface area contributed by atoms with Crippen molar-refractivity contribution in [1.29, 1.82) is 0 Å². The second kappa shape index (κ2) is 22.1. The SMILES string of the molecule is Cc1ccc([C@@H]2O[C@H](CCc3ccccc3)[C@@H](OCc3ccccc3)[C@H](OCc3ccccc3)[C@H]2OCc2ccccc2)cc1Cc1ccc(OCc2ccccc2)cc1.O. The zero-order valence-electron chi connectivity index (χ0n) is 34.9. The van der Waals surface area contributed by atoms with Crippen molar-refractivity contribution in [1.82, 2.24) is 0 Å². The summed E-state index contributed by atoms with van der Waals surface area (Å²) in [5.41, 5.74) is 10.4. The van der Waals surface area contributed by atoms with E-state index in [1.165, 1.54) is 22.3 Å². The molecule has 2 N–H and O–H groups in total. The van der Waals surface area contributed by atoms with Crippen molar-refractivity contribution in [3.05, 3.63) is 244 Å². The van der Waals surface area contributed by atoms with E-state index in [0.29, 0.717) is 26.4 Å². The Hall–Kier alpha value is -5.86. The normalized spacial score (nSPS) is 18.5. The predicted molar refractivity (Wildman–Crippen MR) is 242 cm³/mol. The summed E-state index contributed by atoms with van der Waals surface area (Å²) in [6, 6.07) is 67.1. The van der Waals surface area contributed by atoms with Gasteiger partial charge in [-0.2, -0.15) is 0 Å². The molecule has 0 saturated carbocycles. The first-order valence-electron chi connectivity index (χ1n) is 21.2. The van der Waals surface area contributed by atoms with Gasteiger partial charge in [-0.3, -0.25) is 0 Å². The molecule has 0 bridgehead atoms. The molecule has 0 aliphatic carbocycles. The highest BCUT2D eigenvalue weighted by atomic mass is 16.6. The van der Waals surface area contributed by atoms with Gasteiger partial charge in [-0.1, -0.05) is 182 Å². The minimum atomic E-state index is -0.473. The Balaban J connectivity index is 0.00000561. The van der Waals surface area contributed by atoms with Crippen LogP contribution < -0.4 is 4.74 Å². The van der Waals surface area contributed by atoms with Crippen LogP contribution in [-0.4, -0.2) is 29.9 Å². The third-order valence-electron chi connectivity index (χ3n) is 11.3. The summed E-state index contributed by atoms with van der Waals surface area (Å²) < 4.78 is 34.5. The van der Waals surface area contributed by atoms with Gasteiger partial charge in [-0.25, -0.2) is 0 Å². The van der Waals surface area contributed by atoms with Gasteiger partial charge in [0.25, 0.3) is 0 Å². The van der Waals surface area contributed by atoms with E-state index in [0.717, 1.165) is 52.8 Å². The Bertz CT molecular complexity index is 2300. The van der Waals surface area contributed by atoms with Gasteiger partial charge in [0, 0.05) is 0 Å². The van der Waals surface area contributed by atoms with Crippen LogP contribution in [0.4, 0.5) is 0 Å². The lowest BCUT2D eigenvalue weighted by Crippen LogP contribution is -2.57. The summed E-state index contributed by atoms with van der Waals surface area (Å²) in [5.74, 6) is 0.856. The fourth-order valence-electron chi connectivity index (χ4n) is 7.97. The standard InChI is InChI=1S/C55H54O5.H2O/c1-41-27-31-48(36-49(41)35-43-28-32-50(33-29-43)56-37-44-19-9-3-10-20-44)52-54(58-39-46-23-13-5-14-24-46)55(59-40-47-25-15-6-16-26-47)53(57-38-45-21-11-4-12-22-45)51(60-52)34-30-42-17-7-2-8-18-42;/h2-29,31-33,36,51-55H,30,34-35,37-40H2,1H3;1H2/t51-,52+,53-,54+,55+;/m1./s1. The van der Waals surface area contributed by atoms with E-state index < -0.39 is 24.4 Å². The summed E-state index contributed by atoms with van der Waals surface area (Å²) in [4.78, 5) is 0. The van der Waals surface area contributed by atoms with E-state index in [4.69, 9.17) is 23.7 Å². The second-order valence-corrected chi connectivity index (χ2v) is 15.7. The van der Waals surface area contributed by atoms with E-state index in [1.807, 2.05) is 36.4 Å². The van der Waals surface area contributed by atoms with Gasteiger partial charge in [0.15, 0.2) is 0 Å². The highest BCUT2D eigenvalue weighted by Crippen LogP contribution is 2.40. The molecule has 0 amide bonds. The first-order valence-corrected chi connectivity index (χ1v) is 21.2. The Morgan fingerprint density at radius 1 is 0.443 bits per heavy atom. The van der Waals surface area contributed by atoms with Crippen LogP contribution in [0, 0.1) is 6.92 Å². The van der Waals surface area contributed by atoms with Crippen molar-refractivity contribution in [3.63, 3.8) is 0 Å². The molecule has 61 heavy (non-hydrogen) atoms. The molecule has 312 valence electrons. The summed E-state index contributed by atoms with van der Waals surface area (Å²) in [6.45, 7) is 3.99. The van der Waals surface area contributed by atoms with E-state index in [1.54, 1.807) is 0 Å². The molecule has 5 atom stereocenters. The number of rotatable bonds is 18. The molecular formula is C55H56O6. The number of hydrogen-bond donors (Lipinski definition) is 0. The van der Waals surface area contributed by atoms with Crippen molar-refractivity contribution in [2.75, 3.05) is 0 Å². The highest BCUT2D eigenvalue weighted by molar-refractivity contribution is 5.39. The molecule has 0 aromatic heterocycles. The zero-order valence-corrected chi connectivity index (χ0v) is 34.9. The molecule has 6 nitrogen and oxygen atoms in total. The molecule has 8 rings (SSSR count). The molecule has 6 heteroatoms. The average Bonchev–Trinajstić information content (AvgIpc) is 3.31. The first kappa shape index (κ1) is 43.2. The van der Waals surface area contributed by atoms with Crippen LogP contribution in [0.1, 0.15) is 62.6 Å². The van der Waals surface area contributed by atoms with Crippen LogP contribution in [0.15, 0.2) is 194 Å². The molecule has 7 aromatic rings. The predicted octanol–water partition coefficient (Wildman–Crippen LogP) is 11.2. The van der Waals surface area contributed by atoms with E-state index >= 15 is 0 Å². The molecule has 1 aliphatic heterocycles. The van der Waals surface area contributed by atoms with E-state index in [2.05, 4.69) is 165 Å². The fourth-order valence-corrected chi connectivity index (χ4v) is 7.97. The smallest absolute Gasteiger partial charge is 0.119 e. The fraction of sp³-hybridized carbons (Fsp3) is 0.236. The van der Waals surface area contributed by atoms with E-state index in [9.17, 15) is 0 Å². The zero-order chi connectivity index (χ0) is 40.8. The quantitative estimate of drug-likeness (QED) is 0.0862. The van der Waals surface area contributed by atoms with Crippen molar-refractivity contribution in [2.24, 2.45) is 0 Å². The van der Waals surface area contributed by atoms with Crippen LogP contribution in [0.3, 0.4) is 0 Å². The van der Waals surface area contributed by atoms with Gasteiger partial charge in [0.2, 0.25) is 0 Å². The number of hydrogen-bond acceptors (Lipinski definition) is 5. The minimum Gasteiger partial charge on any atom is -0.489 e. The third kappa shape index (κ3) is 12.1. The van der Waals surface area contributed by atoms with Crippen LogP contribution in [0.2, 0.25) is 0 Å². The summed E-state index contributed by atoms with van der Waals surface area (Å²) in [5, 5.41) is 0. The molecular weight excluding hydrogens is 757 g/mol. The molecule has 0 unspecified atom stereocenters. The lowest BCUT2D eigenvalue weighted by atomic mass is 9.86. The van der Waals surface area contributed by atoms with Gasteiger partial charge in [-0.05, 0) is 88.4 Å². The number of ether oxygens (including phenoxy) is 5. The maximum Gasteiger partial charge on any atom is 0.119 e. The maximum atomic E-state index is 7.36. The summed E-state index contributed by atoms with van der Waals surface area (Å²) in [7, 11) is 0. The van der Waals surface area contributed by atoms with Crippen molar-refractivity contribution >= 4 is 0 Å². The second-order valence-electron chi connectivity index (χ2n) is 15.7. The number of benzene rings is 7. The van der Waals surface area contributed by atoms with Crippen molar-refractivity contribution in [2.45, 2.75) is 83.1 Å². The van der Waals surface area contributed by atoms with E-state index in [-0.39, 0.29) is 11.6 Å². The molecule has 1 heterocycles. The van der Waals surface area contributed by atoms with Crippen LogP contribution >= 0.6 is 0 Å². The molecule has 0 radical (unpaired) electrons. The molecule has 7 aromatic carbocycles. The Kier molecular flexibility index (Phi) is 15.7. The lowest BCUT2D eigenvalue weighted by molar-refractivity contribution is -0.268. The largest absolute Gasteiger partial charge is 0.489 e. The molecule has 1 aliphatic rings. The maximum absolute atomic E-state index is 7.36. The van der Waals surface area contributed by atoms with Gasteiger partial charge < -0.3 is 29.2 Å². The van der Waals surface area contributed by atoms with Crippen LogP contribution in [-0.2, 0) is 58.2 Å². The van der Waals surface area contributed by atoms with Gasteiger partial charge in [0.05, 0.1) is 25.9 Å². The number of aryl methyl sites for hydroxylation is 2. The lowest BCUT2D eigenvalue weighted by Gasteiger charge is -2.47. The minimum absolute atomic E-state index is 0. The van der Waals surface area contributed by atoms with Gasteiger partial charge in [-0.15, -0.1) is 0 Å². The molecule has 1 saturated heterocycles. The molecule has 0 spiro atoms. The summed E-state index contributed by atoms with van der Waals surface area (Å²) >= 11 is 0. The van der Waals surface area contributed by atoms with Gasteiger partial charge in [0.1, 0.15) is 36.8 Å². The summed E-state index contributed by atoms with van der Waals surface area (Å²) in [6.07, 6.45) is 0.369. The van der Waals surface area contributed by atoms with Crippen LogP contribution in [0.5, 0.6) is 5.75 Å². The molecule has 1 fully saturated rings. The Labute approximate surface area is 361 Å². The highest BCUT2D eigenvalue weighted by Gasteiger charge is 2.48. The first-order chi connectivity index (χ1) is 29.6. The third-order valence-corrected chi connectivity index (χ3v) is 11.3. The monoisotopic (exact) mass is 812 g/mol. The Morgan fingerprint density at radius 3 is 1.43 bits per heavy atom.